The van der Waals surface area contributed by atoms with E-state index in [-0.39, 0.29) is 63.0 Å². The molecular weight excluding hydrogens is 567 g/mol. The van der Waals surface area contributed by atoms with E-state index in [0.29, 0.717) is 44.8 Å². The van der Waals surface area contributed by atoms with E-state index in [1.165, 1.54) is 0 Å². The SMILES string of the molecule is [Mn+2].c1cnc2c(n1)-c1nc-2nc2[n-]c(nc3nc(nc4[n-]c(n1)c1nccnc41)-c1nccnc1-3)c1nccnc21. The van der Waals surface area contributed by atoms with Gasteiger partial charge >= 0.3 is 17.1 Å². The van der Waals surface area contributed by atoms with Gasteiger partial charge in [0.2, 0.25) is 0 Å². The molecular formula is C24H8MnN16. The van der Waals surface area contributed by atoms with Crippen molar-refractivity contribution in [2.45, 2.75) is 0 Å². The molecule has 7 aromatic heterocycles. The molecule has 0 fully saturated rings. The molecule has 9 heterocycles. The monoisotopic (exact) mass is 575 g/mol. The van der Waals surface area contributed by atoms with Crippen LogP contribution < -0.4 is 9.97 Å². The number of hydrogen-bond donors (Lipinski definition) is 0. The van der Waals surface area contributed by atoms with E-state index in [4.69, 9.17) is 0 Å². The van der Waals surface area contributed by atoms with E-state index in [9.17, 15) is 0 Å². The summed E-state index contributed by atoms with van der Waals surface area (Å²) >= 11 is 0. The number of rotatable bonds is 0. The second kappa shape index (κ2) is 8.60. The van der Waals surface area contributed by atoms with Crippen LogP contribution in [-0.4, -0.2) is 69.8 Å². The molecule has 9 rings (SSSR count). The van der Waals surface area contributed by atoms with Gasteiger partial charge in [-0.25, -0.2) is 9.97 Å². The van der Waals surface area contributed by atoms with Crippen molar-refractivity contribution in [2.75, 3.05) is 0 Å². The number of aromatic nitrogens is 16. The summed E-state index contributed by atoms with van der Waals surface area (Å²) in [6.07, 6.45) is 12.4. The molecule has 0 unspecified atom stereocenters. The van der Waals surface area contributed by atoms with Gasteiger partial charge in [-0.15, -0.1) is 0 Å². The molecule has 7 aromatic rings. The van der Waals surface area contributed by atoms with Gasteiger partial charge in [0.15, 0.2) is 0 Å². The molecule has 17 heteroatoms. The van der Waals surface area contributed by atoms with Gasteiger partial charge in [0, 0.05) is 72.2 Å². The summed E-state index contributed by atoms with van der Waals surface area (Å²) in [6.45, 7) is 0. The molecule has 2 aliphatic rings. The minimum absolute atomic E-state index is 0. The second-order valence-corrected chi connectivity index (χ2v) is 8.50. The first kappa shape index (κ1) is 23.1. The van der Waals surface area contributed by atoms with Crippen LogP contribution in [0.5, 0.6) is 0 Å². The van der Waals surface area contributed by atoms with Crippen molar-refractivity contribution in [1.82, 2.24) is 79.7 Å². The zero-order chi connectivity index (χ0) is 26.2. The van der Waals surface area contributed by atoms with Crippen LogP contribution in [0.4, 0.5) is 0 Å². The summed E-state index contributed by atoms with van der Waals surface area (Å²) in [6, 6.07) is 0. The van der Waals surface area contributed by atoms with Crippen LogP contribution in [0.3, 0.4) is 0 Å². The standard InChI is InChI=1S/C24H8N16.Mn/c1-2-26-10-9(25-1)17-33-18(10)38-20-13-14(30-6-5-29-13)22(35-20)40-24-16-15(31-7-8-32-16)23(36-24)39-21-12-11(19(34-21)37-17)27-3-4-28-12;/h1-8H;/q-2;+2. The Labute approximate surface area is 236 Å². The number of hydrogen-bond acceptors (Lipinski definition) is 14. The summed E-state index contributed by atoms with van der Waals surface area (Å²) in [5, 5.41) is 0. The Hall–Kier alpha value is -5.80. The molecule has 0 N–H and O–H groups in total. The summed E-state index contributed by atoms with van der Waals surface area (Å²) in [4.78, 5) is 72.8. The minimum Gasteiger partial charge on any atom is -0.354 e. The summed E-state index contributed by atoms with van der Waals surface area (Å²) in [7, 11) is 0. The van der Waals surface area contributed by atoms with Crippen molar-refractivity contribution >= 4 is 44.7 Å². The zero-order valence-electron chi connectivity index (χ0n) is 20.2. The molecule has 1 radical (unpaired) electrons. The minimum atomic E-state index is 0. The molecule has 41 heavy (non-hydrogen) atoms. The predicted molar refractivity (Wildman–Crippen MR) is 136 cm³/mol. The van der Waals surface area contributed by atoms with Gasteiger partial charge in [-0.3, -0.25) is 39.9 Å². The summed E-state index contributed by atoms with van der Waals surface area (Å²) in [5.41, 5.74) is 4.45. The molecule has 0 saturated carbocycles. The Morgan fingerprint density at radius 1 is 0.317 bits per heavy atom. The second-order valence-electron chi connectivity index (χ2n) is 8.50. The molecule has 0 atom stereocenters. The molecule has 191 valence electrons. The molecule has 0 amide bonds. The third-order valence-corrected chi connectivity index (χ3v) is 6.18. The predicted octanol–water partition coefficient (Wildman–Crippen LogP) is 1.28. The Bertz CT molecular complexity index is 2040. The average molecular weight is 575 g/mol. The Morgan fingerprint density at radius 3 is 0.829 bits per heavy atom. The smallest absolute Gasteiger partial charge is 0.354 e. The molecule has 0 saturated heterocycles. The third-order valence-electron chi connectivity index (χ3n) is 6.18. The van der Waals surface area contributed by atoms with E-state index in [1.54, 1.807) is 49.6 Å². The van der Waals surface area contributed by atoms with Crippen molar-refractivity contribution in [3.05, 3.63) is 49.6 Å². The van der Waals surface area contributed by atoms with Gasteiger partial charge in [0.25, 0.3) is 0 Å². The first-order valence-corrected chi connectivity index (χ1v) is 11.8. The van der Waals surface area contributed by atoms with Crippen LogP contribution in [0.2, 0.25) is 0 Å². The molecule has 0 aliphatic carbocycles. The normalized spacial score (nSPS) is 11.7. The van der Waals surface area contributed by atoms with Gasteiger partial charge in [-0.2, -0.15) is 0 Å². The van der Waals surface area contributed by atoms with E-state index >= 15 is 0 Å². The fraction of sp³-hybridized carbons (Fsp3) is 0. The van der Waals surface area contributed by atoms with E-state index < -0.39 is 0 Å². The van der Waals surface area contributed by atoms with Gasteiger partial charge in [0.05, 0.1) is 0 Å². The molecule has 16 nitrogen and oxygen atoms in total. The van der Waals surface area contributed by atoms with Crippen molar-refractivity contribution in [3.8, 4) is 46.1 Å². The van der Waals surface area contributed by atoms with Crippen molar-refractivity contribution in [3.63, 3.8) is 0 Å². The molecule has 8 bridgehead atoms. The summed E-state index contributed by atoms with van der Waals surface area (Å²) in [5.74, 6) is 1.01. The Balaban J connectivity index is 0.00000256. The van der Waals surface area contributed by atoms with Gasteiger partial charge in [-0.05, 0) is 0 Å². The van der Waals surface area contributed by atoms with Crippen molar-refractivity contribution in [2.24, 2.45) is 0 Å². The third kappa shape index (κ3) is 3.39. The van der Waals surface area contributed by atoms with Crippen molar-refractivity contribution < 1.29 is 17.1 Å². The maximum Gasteiger partial charge on any atom is 2.00 e. The Kier molecular flexibility index (Phi) is 4.85. The zero-order valence-corrected chi connectivity index (χ0v) is 21.3. The molecule has 0 aromatic carbocycles. The van der Waals surface area contributed by atoms with Gasteiger partial charge in [-0.1, -0.05) is 0 Å². The van der Waals surface area contributed by atoms with E-state index in [2.05, 4.69) is 79.7 Å². The van der Waals surface area contributed by atoms with Crippen LogP contribution in [0, 0.1) is 0 Å². The first-order chi connectivity index (χ1) is 19.8. The maximum absolute atomic E-state index is 4.69. The summed E-state index contributed by atoms with van der Waals surface area (Å²) < 4.78 is 0. The Morgan fingerprint density at radius 2 is 0.561 bits per heavy atom. The molecule has 0 spiro atoms. The maximum atomic E-state index is 4.69. The van der Waals surface area contributed by atoms with Gasteiger partial charge < -0.3 is 29.9 Å². The van der Waals surface area contributed by atoms with Crippen LogP contribution >= 0.6 is 0 Å². The largest absolute Gasteiger partial charge is 2.00 e. The quantitative estimate of drug-likeness (QED) is 0.233. The molecule has 2 aliphatic heterocycles. The topological polar surface area (TPSA) is 209 Å². The number of nitrogens with zero attached hydrogens (tertiary/aromatic N) is 16. The van der Waals surface area contributed by atoms with Crippen LogP contribution in [0.25, 0.3) is 90.7 Å². The first-order valence-electron chi connectivity index (χ1n) is 11.8. The van der Waals surface area contributed by atoms with E-state index in [0.717, 1.165) is 0 Å². The fourth-order valence-corrected chi connectivity index (χ4v) is 4.51. The van der Waals surface area contributed by atoms with Gasteiger partial charge in [0.1, 0.15) is 68.1 Å². The van der Waals surface area contributed by atoms with Crippen LogP contribution in [0.15, 0.2) is 49.6 Å². The van der Waals surface area contributed by atoms with Crippen LogP contribution in [-0.2, 0) is 17.1 Å². The van der Waals surface area contributed by atoms with E-state index in [1.807, 2.05) is 0 Å². The van der Waals surface area contributed by atoms with Crippen molar-refractivity contribution in [1.29, 1.82) is 0 Å². The average Bonchev–Trinajstić information content (AvgIpc) is 3.73. The fourth-order valence-electron chi connectivity index (χ4n) is 4.51. The number of fused-ring (bicyclic) bond motifs is 20. The van der Waals surface area contributed by atoms with Crippen LogP contribution in [0.1, 0.15) is 0 Å².